The Morgan fingerprint density at radius 3 is 2.63 bits per heavy atom. The number of benzene rings is 1. The van der Waals surface area contributed by atoms with Crippen molar-refractivity contribution in [3.05, 3.63) is 35.6 Å². The summed E-state index contributed by atoms with van der Waals surface area (Å²) in [5.41, 5.74) is 0.218. The summed E-state index contributed by atoms with van der Waals surface area (Å²) >= 11 is 0. The average Bonchev–Trinajstić information content (AvgIpc) is 2.70. The second-order valence-corrected chi connectivity index (χ2v) is 5.42. The predicted octanol–water partition coefficient (Wildman–Crippen LogP) is 1.07. The summed E-state index contributed by atoms with van der Waals surface area (Å²) < 4.78 is 53.5. The van der Waals surface area contributed by atoms with Crippen LogP contribution in [0.5, 0.6) is 0 Å². The minimum Gasteiger partial charge on any atom is -0.341 e. The van der Waals surface area contributed by atoms with E-state index in [9.17, 15) is 12.8 Å². The maximum Gasteiger partial charge on any atom is 0.337 e. The molecule has 0 aliphatic carbocycles. The average molecular weight is 291 g/mol. The van der Waals surface area contributed by atoms with Crippen molar-refractivity contribution in [2.45, 2.75) is 25.5 Å². The van der Waals surface area contributed by atoms with E-state index in [1.54, 1.807) is 13.0 Å². The zero-order chi connectivity index (χ0) is 14.0. The number of rotatable bonds is 4. The normalized spacial score (nSPS) is 27.6. The van der Waals surface area contributed by atoms with Gasteiger partial charge in [0, 0.05) is 5.56 Å². The molecule has 8 heteroatoms. The van der Waals surface area contributed by atoms with Gasteiger partial charge in [0.2, 0.25) is 0 Å². The first-order chi connectivity index (χ1) is 8.93. The molecule has 0 amide bonds. The molecule has 1 aromatic carbocycles. The molecule has 1 saturated heterocycles. The molecule has 3 atom stereocenters. The number of hydrogen-bond acceptors (Lipinski definition) is 5. The van der Waals surface area contributed by atoms with Crippen LogP contribution in [-0.2, 0) is 24.0 Å². The van der Waals surface area contributed by atoms with Gasteiger partial charge >= 0.3 is 10.3 Å². The Morgan fingerprint density at radius 1 is 1.32 bits per heavy atom. The molecule has 19 heavy (non-hydrogen) atoms. The second-order valence-electron chi connectivity index (χ2n) is 3.94. The van der Waals surface area contributed by atoms with Crippen LogP contribution in [0, 0.1) is 5.82 Å². The number of hydrogen-bond donors (Lipinski definition) is 1. The molecule has 6 nitrogen and oxygen atoms in total. The van der Waals surface area contributed by atoms with Gasteiger partial charge in [0.25, 0.3) is 0 Å². The third-order valence-corrected chi connectivity index (χ3v) is 3.60. The minimum atomic E-state index is -3.96. The molecule has 1 unspecified atom stereocenters. The lowest BCUT2D eigenvalue weighted by Gasteiger charge is -2.18. The van der Waals surface area contributed by atoms with E-state index in [1.807, 2.05) is 0 Å². The van der Waals surface area contributed by atoms with Crippen molar-refractivity contribution in [2.75, 3.05) is 7.11 Å². The third-order valence-electron chi connectivity index (χ3n) is 2.64. The molecule has 1 fully saturated rings. The fourth-order valence-electron chi connectivity index (χ4n) is 1.81. The summed E-state index contributed by atoms with van der Waals surface area (Å²) in [6.45, 7) is 1.59. The summed E-state index contributed by atoms with van der Waals surface area (Å²) in [5, 5.41) is 0. The Hall–Kier alpha value is -1.06. The van der Waals surface area contributed by atoms with Crippen LogP contribution in [0.1, 0.15) is 18.6 Å². The van der Waals surface area contributed by atoms with E-state index in [0.29, 0.717) is 0 Å². The first-order valence-corrected chi connectivity index (χ1v) is 6.97. The topological polar surface area (TPSA) is 73.9 Å². The standard InChI is InChI=1S/C11H14FNO5S/c1-7-17-10(8-5-3-4-6-9(8)12)11(18-7)13-19(14,15)16-2/h3-7,10-11,13H,1-2H3/t7?,10-,11-/m0/s1. The fourth-order valence-corrected chi connectivity index (χ4v) is 2.37. The molecule has 106 valence electrons. The van der Waals surface area contributed by atoms with Crippen molar-refractivity contribution in [3.8, 4) is 0 Å². The Labute approximate surface area is 110 Å². The Kier molecular flexibility index (Phi) is 4.16. The first-order valence-electron chi connectivity index (χ1n) is 5.56. The van der Waals surface area contributed by atoms with Gasteiger partial charge in [0.1, 0.15) is 11.9 Å². The third kappa shape index (κ3) is 3.28. The monoisotopic (exact) mass is 291 g/mol. The summed E-state index contributed by atoms with van der Waals surface area (Å²) in [6, 6.07) is 5.94. The van der Waals surface area contributed by atoms with Crippen molar-refractivity contribution >= 4 is 10.3 Å². The molecule has 1 N–H and O–H groups in total. The highest BCUT2D eigenvalue weighted by Gasteiger charge is 2.39. The maximum atomic E-state index is 13.7. The molecule has 0 radical (unpaired) electrons. The second kappa shape index (κ2) is 5.51. The maximum absolute atomic E-state index is 13.7. The smallest absolute Gasteiger partial charge is 0.337 e. The summed E-state index contributed by atoms with van der Waals surface area (Å²) in [7, 11) is -2.94. The molecule has 1 heterocycles. The van der Waals surface area contributed by atoms with Gasteiger partial charge in [-0.3, -0.25) is 4.18 Å². The predicted molar refractivity (Wildman–Crippen MR) is 63.6 cm³/mol. The van der Waals surface area contributed by atoms with Crippen molar-refractivity contribution in [2.24, 2.45) is 0 Å². The summed E-state index contributed by atoms with van der Waals surface area (Å²) in [4.78, 5) is 0. The highest BCUT2D eigenvalue weighted by molar-refractivity contribution is 7.84. The van der Waals surface area contributed by atoms with E-state index in [-0.39, 0.29) is 5.56 Å². The number of ether oxygens (including phenoxy) is 2. The number of halogens is 1. The molecule has 0 spiro atoms. The van der Waals surface area contributed by atoms with E-state index < -0.39 is 34.7 Å². The molecule has 0 saturated carbocycles. The van der Waals surface area contributed by atoms with Crippen LogP contribution in [0.4, 0.5) is 4.39 Å². The van der Waals surface area contributed by atoms with Crippen molar-refractivity contribution < 1.29 is 26.5 Å². The van der Waals surface area contributed by atoms with Gasteiger partial charge in [0.15, 0.2) is 12.5 Å². The summed E-state index contributed by atoms with van der Waals surface area (Å²) in [5.74, 6) is -0.494. The molecule has 1 aromatic rings. The highest BCUT2D eigenvalue weighted by atomic mass is 32.2. The van der Waals surface area contributed by atoms with E-state index in [2.05, 4.69) is 8.91 Å². The van der Waals surface area contributed by atoms with E-state index in [1.165, 1.54) is 18.2 Å². The molecule has 1 aliphatic rings. The molecule has 0 bridgehead atoms. The molecular formula is C11H14FNO5S. The van der Waals surface area contributed by atoms with Crippen molar-refractivity contribution in [1.82, 2.24) is 4.72 Å². The lowest BCUT2D eigenvalue weighted by Crippen LogP contribution is -2.38. The van der Waals surface area contributed by atoms with Crippen LogP contribution in [0.15, 0.2) is 24.3 Å². The van der Waals surface area contributed by atoms with E-state index in [0.717, 1.165) is 7.11 Å². The van der Waals surface area contributed by atoms with Crippen LogP contribution in [-0.4, -0.2) is 28.0 Å². The van der Waals surface area contributed by atoms with Crippen LogP contribution >= 0.6 is 0 Å². The zero-order valence-electron chi connectivity index (χ0n) is 10.4. The van der Waals surface area contributed by atoms with Gasteiger partial charge in [-0.1, -0.05) is 18.2 Å². The van der Waals surface area contributed by atoms with E-state index in [4.69, 9.17) is 9.47 Å². The van der Waals surface area contributed by atoms with Crippen LogP contribution in [0.3, 0.4) is 0 Å². The summed E-state index contributed by atoms with van der Waals surface area (Å²) in [6.07, 6.45) is -2.58. The fraction of sp³-hybridized carbons (Fsp3) is 0.455. The Balaban J connectivity index is 2.26. The lowest BCUT2D eigenvalue weighted by atomic mass is 10.1. The van der Waals surface area contributed by atoms with Gasteiger partial charge in [-0.2, -0.15) is 13.1 Å². The van der Waals surface area contributed by atoms with Crippen LogP contribution in [0.25, 0.3) is 0 Å². The van der Waals surface area contributed by atoms with Crippen molar-refractivity contribution in [1.29, 1.82) is 0 Å². The van der Waals surface area contributed by atoms with Gasteiger partial charge < -0.3 is 9.47 Å². The highest BCUT2D eigenvalue weighted by Crippen LogP contribution is 2.32. The van der Waals surface area contributed by atoms with Gasteiger partial charge in [-0.15, -0.1) is 0 Å². The van der Waals surface area contributed by atoms with Gasteiger partial charge in [0.05, 0.1) is 7.11 Å². The molecule has 1 aliphatic heterocycles. The first kappa shape index (κ1) is 14.4. The van der Waals surface area contributed by atoms with E-state index >= 15 is 0 Å². The minimum absolute atomic E-state index is 0.218. The van der Waals surface area contributed by atoms with Gasteiger partial charge in [-0.25, -0.2) is 4.39 Å². The van der Waals surface area contributed by atoms with Crippen molar-refractivity contribution in [3.63, 3.8) is 0 Å². The molecule has 2 rings (SSSR count). The molecule has 0 aromatic heterocycles. The largest absolute Gasteiger partial charge is 0.341 e. The van der Waals surface area contributed by atoms with Gasteiger partial charge in [-0.05, 0) is 13.0 Å². The Morgan fingerprint density at radius 2 is 2.00 bits per heavy atom. The van der Waals surface area contributed by atoms with Crippen LogP contribution in [0.2, 0.25) is 0 Å². The quantitative estimate of drug-likeness (QED) is 0.898. The molecular weight excluding hydrogens is 277 g/mol. The number of nitrogens with one attached hydrogen (secondary N) is 1. The SMILES string of the molecule is COS(=O)(=O)N[C@H]1OC(C)O[C@H]1c1ccccc1F. The lowest BCUT2D eigenvalue weighted by molar-refractivity contribution is -0.0525. The Bertz CT molecular complexity index is 550. The zero-order valence-corrected chi connectivity index (χ0v) is 11.2. The van der Waals surface area contributed by atoms with Crippen LogP contribution < -0.4 is 4.72 Å².